The minimum atomic E-state index is -4.43. The Hall–Kier alpha value is -3.03. The minimum absolute atomic E-state index is 0.0291. The van der Waals surface area contributed by atoms with E-state index >= 15 is 0 Å². The third-order valence-electron chi connectivity index (χ3n) is 3.81. The summed E-state index contributed by atoms with van der Waals surface area (Å²) in [7, 11) is 1.48. The third-order valence-corrected chi connectivity index (χ3v) is 3.81. The Morgan fingerprint density at radius 3 is 2.26 bits per heavy atom. The van der Waals surface area contributed by atoms with Crippen LogP contribution in [0.15, 0.2) is 48.5 Å². The smallest absolute Gasteiger partial charge is 0.416 e. The lowest BCUT2D eigenvalue weighted by Crippen LogP contribution is -2.32. The van der Waals surface area contributed by atoms with Crippen molar-refractivity contribution in [2.24, 2.45) is 0 Å². The van der Waals surface area contributed by atoms with Crippen molar-refractivity contribution < 1.29 is 27.5 Å². The summed E-state index contributed by atoms with van der Waals surface area (Å²) in [5.74, 6) is -0.186. The number of methoxy groups -OCH3 is 1. The molecule has 0 radical (unpaired) electrons. The molecule has 2 aromatic carbocycles. The van der Waals surface area contributed by atoms with Crippen LogP contribution in [0, 0.1) is 0 Å². The van der Waals surface area contributed by atoms with E-state index in [0.717, 1.165) is 12.1 Å². The van der Waals surface area contributed by atoms with Crippen molar-refractivity contribution in [2.45, 2.75) is 19.5 Å². The van der Waals surface area contributed by atoms with Crippen LogP contribution in [0.1, 0.15) is 18.9 Å². The van der Waals surface area contributed by atoms with Gasteiger partial charge in [0, 0.05) is 25.6 Å². The lowest BCUT2D eigenvalue weighted by molar-refractivity contribution is -0.137. The molecule has 0 fully saturated rings. The Morgan fingerprint density at radius 1 is 1.07 bits per heavy atom. The van der Waals surface area contributed by atoms with E-state index in [0.29, 0.717) is 11.4 Å². The lowest BCUT2D eigenvalue weighted by Gasteiger charge is -2.23. The first-order chi connectivity index (χ1) is 12.7. The van der Waals surface area contributed by atoms with E-state index in [4.69, 9.17) is 4.74 Å². The van der Waals surface area contributed by atoms with Gasteiger partial charge in [-0.3, -0.25) is 9.59 Å². The van der Waals surface area contributed by atoms with Crippen molar-refractivity contribution in [2.75, 3.05) is 23.9 Å². The zero-order chi connectivity index (χ0) is 20.0. The molecule has 0 saturated carbocycles. The number of nitrogens with zero attached hydrogens (tertiary/aromatic N) is 1. The fourth-order valence-electron chi connectivity index (χ4n) is 2.48. The standard InChI is InChI=1S/C19H19F3N2O3/c1-13(25)24(16-5-3-4-6-17(16)27-2)12-11-18(26)23-15-9-7-14(8-10-15)19(20,21)22/h3-10H,11-12H2,1-2H3,(H,23,26). The van der Waals surface area contributed by atoms with E-state index in [2.05, 4.69) is 5.32 Å². The Bertz CT molecular complexity index is 805. The molecule has 0 aliphatic carbocycles. The molecule has 2 rings (SSSR count). The van der Waals surface area contributed by atoms with E-state index < -0.39 is 17.6 Å². The maximum Gasteiger partial charge on any atom is 0.416 e. The minimum Gasteiger partial charge on any atom is -0.495 e. The summed E-state index contributed by atoms with van der Waals surface area (Å²) in [6.07, 6.45) is -4.46. The highest BCUT2D eigenvalue weighted by atomic mass is 19.4. The Kier molecular flexibility index (Phi) is 6.44. The zero-order valence-electron chi connectivity index (χ0n) is 14.8. The number of alkyl halides is 3. The predicted octanol–water partition coefficient (Wildman–Crippen LogP) is 4.10. The number of para-hydroxylation sites is 2. The molecule has 27 heavy (non-hydrogen) atoms. The van der Waals surface area contributed by atoms with Gasteiger partial charge in [0.25, 0.3) is 0 Å². The van der Waals surface area contributed by atoms with E-state index in [1.54, 1.807) is 24.3 Å². The molecule has 0 atom stereocenters. The van der Waals surface area contributed by atoms with E-state index in [-0.39, 0.29) is 24.6 Å². The molecule has 2 amide bonds. The van der Waals surface area contributed by atoms with Gasteiger partial charge in [-0.25, -0.2) is 0 Å². The summed E-state index contributed by atoms with van der Waals surface area (Å²) in [6, 6.07) is 11.1. The van der Waals surface area contributed by atoms with E-state index in [1.807, 2.05) is 0 Å². The van der Waals surface area contributed by atoms with Crippen molar-refractivity contribution in [1.82, 2.24) is 0 Å². The van der Waals surface area contributed by atoms with Gasteiger partial charge in [0.2, 0.25) is 11.8 Å². The van der Waals surface area contributed by atoms with Gasteiger partial charge in [-0.1, -0.05) is 12.1 Å². The third kappa shape index (κ3) is 5.47. The first-order valence-corrected chi connectivity index (χ1v) is 8.10. The van der Waals surface area contributed by atoms with Gasteiger partial charge >= 0.3 is 6.18 Å². The van der Waals surface area contributed by atoms with Crippen molar-refractivity contribution >= 4 is 23.2 Å². The van der Waals surface area contributed by atoms with Gasteiger partial charge in [0.15, 0.2) is 0 Å². The fraction of sp³-hybridized carbons (Fsp3) is 0.263. The zero-order valence-corrected chi connectivity index (χ0v) is 14.8. The van der Waals surface area contributed by atoms with Crippen molar-refractivity contribution in [3.63, 3.8) is 0 Å². The summed E-state index contributed by atoms with van der Waals surface area (Å²) in [4.78, 5) is 25.5. The molecule has 144 valence electrons. The predicted molar refractivity (Wildman–Crippen MR) is 95.7 cm³/mol. The summed E-state index contributed by atoms with van der Waals surface area (Å²) >= 11 is 0. The van der Waals surface area contributed by atoms with Crippen LogP contribution in [-0.4, -0.2) is 25.5 Å². The molecule has 8 heteroatoms. The molecule has 1 N–H and O–H groups in total. The molecule has 0 aliphatic heterocycles. The number of benzene rings is 2. The molecule has 0 aliphatic rings. The number of carbonyl (C=O) groups is 2. The van der Waals surface area contributed by atoms with Crippen LogP contribution in [0.3, 0.4) is 0 Å². The van der Waals surface area contributed by atoms with Crippen LogP contribution >= 0.6 is 0 Å². The average Bonchev–Trinajstić information content (AvgIpc) is 2.61. The number of halogens is 3. The molecule has 0 saturated heterocycles. The highest BCUT2D eigenvalue weighted by molar-refractivity contribution is 5.95. The largest absolute Gasteiger partial charge is 0.495 e. The molecule has 0 unspecified atom stereocenters. The molecule has 0 bridgehead atoms. The number of amides is 2. The van der Waals surface area contributed by atoms with Crippen molar-refractivity contribution in [1.29, 1.82) is 0 Å². The summed E-state index contributed by atoms with van der Waals surface area (Å²) in [5.41, 5.74) is -0.00563. The fourth-order valence-corrected chi connectivity index (χ4v) is 2.48. The number of ether oxygens (including phenoxy) is 1. The van der Waals surface area contributed by atoms with Crippen molar-refractivity contribution in [3.05, 3.63) is 54.1 Å². The number of rotatable bonds is 6. The van der Waals surface area contributed by atoms with Crippen LogP contribution in [0.25, 0.3) is 0 Å². The second-order valence-corrected chi connectivity index (χ2v) is 5.72. The topological polar surface area (TPSA) is 58.6 Å². The number of carbonyl (C=O) groups excluding carboxylic acids is 2. The number of anilines is 2. The van der Waals surface area contributed by atoms with Gasteiger partial charge in [-0.15, -0.1) is 0 Å². The first kappa shape index (κ1) is 20.3. The normalized spacial score (nSPS) is 11.0. The number of hydrogen-bond acceptors (Lipinski definition) is 3. The number of nitrogens with one attached hydrogen (secondary N) is 1. The van der Waals surface area contributed by atoms with Crippen LogP contribution < -0.4 is 15.0 Å². The first-order valence-electron chi connectivity index (χ1n) is 8.10. The highest BCUT2D eigenvalue weighted by Crippen LogP contribution is 2.30. The van der Waals surface area contributed by atoms with Gasteiger partial charge in [-0.2, -0.15) is 13.2 Å². The van der Waals surface area contributed by atoms with Gasteiger partial charge < -0.3 is 15.0 Å². The second-order valence-electron chi connectivity index (χ2n) is 5.72. The Balaban J connectivity index is 2.01. The lowest BCUT2D eigenvalue weighted by atomic mass is 10.2. The van der Waals surface area contributed by atoms with Gasteiger partial charge in [-0.05, 0) is 36.4 Å². The molecular formula is C19H19F3N2O3. The second kappa shape index (κ2) is 8.57. The SMILES string of the molecule is COc1ccccc1N(CCC(=O)Nc1ccc(C(F)(F)F)cc1)C(C)=O. The Labute approximate surface area is 154 Å². The maximum absolute atomic E-state index is 12.6. The maximum atomic E-state index is 12.6. The van der Waals surface area contributed by atoms with Crippen LogP contribution in [0.2, 0.25) is 0 Å². The van der Waals surface area contributed by atoms with E-state index in [9.17, 15) is 22.8 Å². The molecule has 0 heterocycles. The van der Waals surface area contributed by atoms with E-state index in [1.165, 1.54) is 31.1 Å². The van der Waals surface area contributed by atoms with Crippen LogP contribution in [0.5, 0.6) is 5.75 Å². The summed E-state index contributed by atoms with van der Waals surface area (Å²) in [6.45, 7) is 1.47. The van der Waals surface area contributed by atoms with Crippen molar-refractivity contribution in [3.8, 4) is 5.75 Å². The molecular weight excluding hydrogens is 361 g/mol. The molecule has 2 aromatic rings. The Morgan fingerprint density at radius 2 is 1.70 bits per heavy atom. The summed E-state index contributed by atoms with van der Waals surface area (Å²) in [5, 5.41) is 2.52. The number of hydrogen-bond donors (Lipinski definition) is 1. The summed E-state index contributed by atoms with van der Waals surface area (Å²) < 4.78 is 42.9. The van der Waals surface area contributed by atoms with Gasteiger partial charge in [0.1, 0.15) is 5.75 Å². The molecule has 5 nitrogen and oxygen atoms in total. The highest BCUT2D eigenvalue weighted by Gasteiger charge is 2.30. The molecule has 0 spiro atoms. The molecule has 0 aromatic heterocycles. The van der Waals surface area contributed by atoms with Crippen LogP contribution in [-0.2, 0) is 15.8 Å². The van der Waals surface area contributed by atoms with Gasteiger partial charge in [0.05, 0.1) is 18.4 Å². The van der Waals surface area contributed by atoms with Crippen LogP contribution in [0.4, 0.5) is 24.5 Å². The monoisotopic (exact) mass is 380 g/mol. The average molecular weight is 380 g/mol. The quantitative estimate of drug-likeness (QED) is 0.821.